The molecule has 0 rings (SSSR count). The molecule has 0 bridgehead atoms. The number of rotatable bonds is 4. The van der Waals surface area contributed by atoms with Crippen molar-refractivity contribution >= 4 is 18.9 Å². The van der Waals surface area contributed by atoms with Crippen molar-refractivity contribution < 1.29 is 9.90 Å². The smallest absolute Gasteiger partial charge is 0.142 e. The number of aldehydes is 1. The molecule has 0 amide bonds. The second kappa shape index (κ2) is 3.87. The van der Waals surface area contributed by atoms with Crippen LogP contribution >= 0.6 is 12.6 Å². The lowest BCUT2D eigenvalue weighted by Crippen LogP contribution is -2.45. The van der Waals surface area contributed by atoms with Crippen LogP contribution in [-0.4, -0.2) is 29.3 Å². The van der Waals surface area contributed by atoms with Gasteiger partial charge in [0.1, 0.15) is 6.29 Å². The van der Waals surface area contributed by atoms with Crippen LogP contribution in [0.15, 0.2) is 0 Å². The molecule has 1 atom stereocenters. The maximum Gasteiger partial charge on any atom is 0.142 e. The van der Waals surface area contributed by atoms with Gasteiger partial charge in [-0.2, -0.15) is 12.6 Å². The molecule has 0 heterocycles. The standard InChI is InChI=1S/C5H11NO2S/c6-5(3-7,4-8)1-2-9/h3,8-9H,1-2,4,6H2/t5-/m0/s1. The van der Waals surface area contributed by atoms with Gasteiger partial charge in [-0.3, -0.25) is 0 Å². The van der Waals surface area contributed by atoms with Crippen molar-refractivity contribution in [2.24, 2.45) is 5.73 Å². The third kappa shape index (κ3) is 2.84. The molecule has 0 aliphatic carbocycles. The third-order valence-corrected chi connectivity index (χ3v) is 1.33. The highest BCUT2D eigenvalue weighted by molar-refractivity contribution is 7.80. The molecule has 0 aliphatic heterocycles. The van der Waals surface area contributed by atoms with Crippen molar-refractivity contribution in [3.05, 3.63) is 0 Å². The van der Waals surface area contributed by atoms with Gasteiger partial charge in [0.05, 0.1) is 12.1 Å². The minimum absolute atomic E-state index is 0.308. The van der Waals surface area contributed by atoms with Crippen LogP contribution < -0.4 is 5.73 Å². The summed E-state index contributed by atoms with van der Waals surface area (Å²) in [7, 11) is 0. The minimum atomic E-state index is -1.07. The molecule has 0 saturated heterocycles. The molecule has 54 valence electrons. The molecule has 0 fully saturated rings. The summed E-state index contributed by atoms with van der Waals surface area (Å²) in [6.45, 7) is -0.308. The van der Waals surface area contributed by atoms with Crippen molar-refractivity contribution in [3.63, 3.8) is 0 Å². The highest BCUT2D eigenvalue weighted by Gasteiger charge is 2.21. The number of hydrogen-bond acceptors (Lipinski definition) is 4. The van der Waals surface area contributed by atoms with Crippen LogP contribution in [-0.2, 0) is 4.79 Å². The van der Waals surface area contributed by atoms with E-state index in [1.165, 1.54) is 0 Å². The fourth-order valence-corrected chi connectivity index (χ4v) is 0.800. The first-order valence-electron chi connectivity index (χ1n) is 2.65. The number of carbonyl (C=O) groups is 1. The molecule has 0 saturated carbocycles. The lowest BCUT2D eigenvalue weighted by Gasteiger charge is -2.17. The summed E-state index contributed by atoms with van der Waals surface area (Å²) >= 11 is 3.87. The van der Waals surface area contributed by atoms with E-state index >= 15 is 0 Å². The first-order valence-corrected chi connectivity index (χ1v) is 3.29. The van der Waals surface area contributed by atoms with Crippen molar-refractivity contribution in [1.29, 1.82) is 0 Å². The molecule has 0 radical (unpaired) electrons. The molecule has 0 spiro atoms. The zero-order valence-electron chi connectivity index (χ0n) is 5.08. The number of thiol groups is 1. The van der Waals surface area contributed by atoms with Crippen LogP contribution in [0.2, 0.25) is 0 Å². The highest BCUT2D eigenvalue weighted by Crippen LogP contribution is 2.02. The normalized spacial score (nSPS) is 16.8. The van der Waals surface area contributed by atoms with Crippen molar-refractivity contribution in [3.8, 4) is 0 Å². The second-order valence-electron chi connectivity index (χ2n) is 1.98. The predicted molar refractivity (Wildman–Crippen MR) is 38.5 cm³/mol. The lowest BCUT2D eigenvalue weighted by atomic mass is 10.0. The summed E-state index contributed by atoms with van der Waals surface area (Å²) < 4.78 is 0. The Balaban J connectivity index is 3.76. The maximum absolute atomic E-state index is 10.1. The molecule has 3 N–H and O–H groups in total. The Morgan fingerprint density at radius 2 is 2.33 bits per heavy atom. The van der Waals surface area contributed by atoms with E-state index in [-0.39, 0.29) is 6.61 Å². The van der Waals surface area contributed by atoms with Crippen LogP contribution in [0.4, 0.5) is 0 Å². The average Bonchev–Trinajstić information content (AvgIpc) is 1.89. The lowest BCUT2D eigenvalue weighted by molar-refractivity contribution is -0.113. The second-order valence-corrected chi connectivity index (χ2v) is 2.43. The Hall–Kier alpha value is -0.0600. The van der Waals surface area contributed by atoms with Gasteiger partial charge < -0.3 is 15.6 Å². The SMILES string of the molecule is N[C@@](C=O)(CO)CCS. The van der Waals surface area contributed by atoms with Gasteiger partial charge in [-0.25, -0.2) is 0 Å². The van der Waals surface area contributed by atoms with E-state index in [2.05, 4.69) is 12.6 Å². The van der Waals surface area contributed by atoms with Crippen molar-refractivity contribution in [2.45, 2.75) is 12.0 Å². The predicted octanol–water partition coefficient (Wildman–Crippen LogP) is -0.805. The Labute approximate surface area is 59.6 Å². The number of nitrogens with two attached hydrogens (primary N) is 1. The fraction of sp³-hybridized carbons (Fsp3) is 0.800. The number of aliphatic hydroxyl groups excluding tert-OH is 1. The van der Waals surface area contributed by atoms with Crippen LogP contribution in [0.1, 0.15) is 6.42 Å². The number of carbonyl (C=O) groups excluding carboxylic acids is 1. The summed E-state index contributed by atoms with van der Waals surface area (Å²) in [5.41, 5.74) is 4.27. The van der Waals surface area contributed by atoms with Gasteiger partial charge in [-0.15, -0.1) is 0 Å². The van der Waals surface area contributed by atoms with Crippen LogP contribution in [0.5, 0.6) is 0 Å². The van der Waals surface area contributed by atoms with Gasteiger partial charge in [0.25, 0.3) is 0 Å². The first-order chi connectivity index (χ1) is 4.18. The Morgan fingerprint density at radius 3 is 2.44 bits per heavy atom. The first kappa shape index (κ1) is 8.94. The van der Waals surface area contributed by atoms with Gasteiger partial charge in [0.15, 0.2) is 0 Å². The van der Waals surface area contributed by atoms with Gasteiger partial charge in [0, 0.05) is 0 Å². The molecule has 0 aromatic carbocycles. The summed E-state index contributed by atoms with van der Waals surface area (Å²) in [6.07, 6.45) is 0.972. The Bertz CT molecular complexity index is 99.0. The molecule has 0 aromatic heterocycles. The number of aliphatic hydroxyl groups is 1. The van der Waals surface area contributed by atoms with Crippen molar-refractivity contribution in [2.75, 3.05) is 12.4 Å². The van der Waals surface area contributed by atoms with E-state index in [9.17, 15) is 4.79 Å². The van der Waals surface area contributed by atoms with E-state index in [4.69, 9.17) is 10.8 Å². The van der Waals surface area contributed by atoms with Gasteiger partial charge >= 0.3 is 0 Å². The molecule has 3 nitrogen and oxygen atoms in total. The van der Waals surface area contributed by atoms with E-state index in [1.54, 1.807) is 0 Å². The maximum atomic E-state index is 10.1. The van der Waals surface area contributed by atoms with Crippen LogP contribution in [0, 0.1) is 0 Å². The highest BCUT2D eigenvalue weighted by atomic mass is 32.1. The fourth-order valence-electron chi connectivity index (χ4n) is 0.383. The Morgan fingerprint density at radius 1 is 1.78 bits per heavy atom. The van der Waals surface area contributed by atoms with Crippen LogP contribution in [0.25, 0.3) is 0 Å². The molecular formula is C5H11NO2S. The summed E-state index contributed by atoms with van der Waals surface area (Å²) in [5, 5.41) is 8.53. The monoisotopic (exact) mass is 149 g/mol. The quantitative estimate of drug-likeness (QED) is 0.362. The third-order valence-electron chi connectivity index (χ3n) is 1.11. The largest absolute Gasteiger partial charge is 0.394 e. The summed E-state index contributed by atoms with van der Waals surface area (Å²) in [6, 6.07) is 0. The van der Waals surface area contributed by atoms with Gasteiger partial charge in [0.2, 0.25) is 0 Å². The zero-order valence-corrected chi connectivity index (χ0v) is 5.97. The molecule has 0 aliphatic rings. The summed E-state index contributed by atoms with van der Waals surface area (Å²) in [4.78, 5) is 10.1. The minimum Gasteiger partial charge on any atom is -0.394 e. The summed E-state index contributed by atoms with van der Waals surface area (Å²) in [5.74, 6) is 0.510. The Kier molecular flexibility index (Phi) is 3.84. The van der Waals surface area contributed by atoms with E-state index in [0.29, 0.717) is 18.5 Å². The molecule has 0 unspecified atom stereocenters. The molecule has 4 heteroatoms. The van der Waals surface area contributed by atoms with E-state index in [0.717, 1.165) is 0 Å². The van der Waals surface area contributed by atoms with Crippen LogP contribution in [0.3, 0.4) is 0 Å². The van der Waals surface area contributed by atoms with Crippen molar-refractivity contribution in [1.82, 2.24) is 0 Å². The van der Waals surface area contributed by atoms with Gasteiger partial charge in [-0.05, 0) is 12.2 Å². The molecule has 9 heavy (non-hydrogen) atoms. The van der Waals surface area contributed by atoms with E-state index in [1.807, 2.05) is 0 Å². The van der Waals surface area contributed by atoms with E-state index < -0.39 is 5.54 Å². The molecule has 0 aromatic rings. The van der Waals surface area contributed by atoms with Gasteiger partial charge in [-0.1, -0.05) is 0 Å². The number of hydrogen-bond donors (Lipinski definition) is 3. The average molecular weight is 149 g/mol. The molecular weight excluding hydrogens is 138 g/mol. The zero-order chi connectivity index (χ0) is 7.33. The topological polar surface area (TPSA) is 63.3 Å².